The average Bonchev–Trinajstić information content (AvgIpc) is 3.50. The van der Waals surface area contributed by atoms with Crippen LogP contribution < -0.4 is 11.2 Å². The Morgan fingerprint density at radius 3 is 2.56 bits per heavy atom. The molecule has 4 aromatic heterocycles. The third kappa shape index (κ3) is 3.35. The van der Waals surface area contributed by atoms with Crippen LogP contribution in [-0.2, 0) is 33.1 Å². The quantitative estimate of drug-likeness (QED) is 0.395. The van der Waals surface area contributed by atoms with Crippen LogP contribution in [0.15, 0.2) is 64.8 Å². The zero-order valence-corrected chi connectivity index (χ0v) is 18.2. The first kappa shape index (κ1) is 20.0. The van der Waals surface area contributed by atoms with Gasteiger partial charge >= 0.3 is 5.69 Å². The van der Waals surface area contributed by atoms with Crippen molar-refractivity contribution in [3.63, 3.8) is 0 Å². The third-order valence-corrected chi connectivity index (χ3v) is 5.96. The number of nitrogens with zero attached hydrogens (tertiary/aromatic N) is 7. The molecule has 0 atom stereocenters. The van der Waals surface area contributed by atoms with E-state index >= 15 is 0 Å². The summed E-state index contributed by atoms with van der Waals surface area (Å²) in [6.07, 6.45) is 8.94. The lowest BCUT2D eigenvalue weighted by Gasteiger charge is -2.08. The molecule has 0 unspecified atom stereocenters. The first-order valence-electron chi connectivity index (χ1n) is 10.7. The Bertz CT molecular complexity index is 1500. The molecule has 0 radical (unpaired) electrons. The summed E-state index contributed by atoms with van der Waals surface area (Å²) in [4.78, 5) is 35.1. The van der Waals surface area contributed by atoms with Crippen LogP contribution in [0.3, 0.4) is 0 Å². The van der Waals surface area contributed by atoms with E-state index in [-0.39, 0.29) is 11.2 Å². The normalized spacial score (nSPS) is 11.7. The number of imidazole rings is 3. The predicted molar refractivity (Wildman–Crippen MR) is 122 cm³/mol. The highest BCUT2D eigenvalue weighted by Gasteiger charge is 2.20. The molecule has 0 aliphatic heterocycles. The Labute approximate surface area is 183 Å². The smallest absolute Gasteiger partial charge is 0.332 e. The van der Waals surface area contributed by atoms with Crippen LogP contribution >= 0.6 is 0 Å². The summed E-state index contributed by atoms with van der Waals surface area (Å²) in [6.45, 7) is 3.92. The summed E-state index contributed by atoms with van der Waals surface area (Å²) in [6, 6.07) is 9.86. The fourth-order valence-corrected chi connectivity index (χ4v) is 4.24. The zero-order valence-electron chi connectivity index (χ0n) is 18.2. The highest BCUT2D eigenvalue weighted by atomic mass is 16.2. The number of aromatic nitrogens is 7. The van der Waals surface area contributed by atoms with Gasteiger partial charge in [-0.1, -0.05) is 30.3 Å². The average molecular weight is 432 g/mol. The van der Waals surface area contributed by atoms with E-state index in [9.17, 15) is 9.59 Å². The largest absolute Gasteiger partial charge is 0.337 e. The van der Waals surface area contributed by atoms with Crippen molar-refractivity contribution in [1.29, 1.82) is 0 Å². The van der Waals surface area contributed by atoms with Crippen LogP contribution in [0.4, 0.5) is 0 Å². The molecule has 0 saturated heterocycles. The van der Waals surface area contributed by atoms with Gasteiger partial charge in [-0.15, -0.1) is 0 Å². The van der Waals surface area contributed by atoms with E-state index in [4.69, 9.17) is 0 Å². The molecule has 32 heavy (non-hydrogen) atoms. The second-order valence-electron chi connectivity index (χ2n) is 8.06. The van der Waals surface area contributed by atoms with Crippen molar-refractivity contribution in [1.82, 2.24) is 32.6 Å². The van der Waals surface area contributed by atoms with Gasteiger partial charge in [0.2, 0.25) is 5.78 Å². The second kappa shape index (κ2) is 7.99. The summed E-state index contributed by atoms with van der Waals surface area (Å²) in [5.74, 6) is 0.677. The van der Waals surface area contributed by atoms with Gasteiger partial charge in [0.25, 0.3) is 5.56 Å². The molecular weight excluding hydrogens is 406 g/mol. The van der Waals surface area contributed by atoms with Crippen molar-refractivity contribution in [3.05, 3.63) is 87.3 Å². The lowest BCUT2D eigenvalue weighted by Crippen LogP contribution is -2.39. The van der Waals surface area contributed by atoms with E-state index in [1.807, 2.05) is 58.6 Å². The molecule has 0 N–H and O–H groups in total. The fourth-order valence-electron chi connectivity index (χ4n) is 4.24. The van der Waals surface area contributed by atoms with Crippen LogP contribution in [-0.4, -0.2) is 32.6 Å². The monoisotopic (exact) mass is 431 g/mol. The molecule has 0 aliphatic rings. The Morgan fingerprint density at radius 2 is 1.81 bits per heavy atom. The standard InChI is InChI=1S/C23H25N7O2/c1-17-15-30-19-20(25-22(30)28(17)12-6-11-27-14-10-24-16-27)26(2)23(32)29(21(19)31)13-9-18-7-4-3-5-8-18/h3-5,7-8,10,14-16H,6,9,11-13H2,1-2H3. The highest BCUT2D eigenvalue weighted by molar-refractivity contribution is 5.75. The first-order chi connectivity index (χ1) is 15.5. The summed E-state index contributed by atoms with van der Waals surface area (Å²) in [7, 11) is 1.67. The SMILES string of the molecule is Cc1cn2c3c(=O)n(CCc4ccccc4)c(=O)n(C)c3nc2n1CCCn1ccnc1. The zero-order chi connectivity index (χ0) is 22.2. The molecule has 9 heteroatoms. The molecule has 0 aliphatic carbocycles. The number of hydrogen-bond acceptors (Lipinski definition) is 4. The summed E-state index contributed by atoms with van der Waals surface area (Å²) in [5, 5.41) is 0. The molecule has 5 rings (SSSR count). The van der Waals surface area contributed by atoms with Gasteiger partial charge in [-0.25, -0.2) is 9.78 Å². The van der Waals surface area contributed by atoms with E-state index < -0.39 is 0 Å². The van der Waals surface area contributed by atoms with Gasteiger partial charge in [0.05, 0.1) is 6.33 Å². The molecule has 0 saturated carbocycles. The molecular formula is C23H25N7O2. The molecule has 9 nitrogen and oxygen atoms in total. The summed E-state index contributed by atoms with van der Waals surface area (Å²) in [5.41, 5.74) is 2.30. The summed E-state index contributed by atoms with van der Waals surface area (Å²) < 4.78 is 8.74. The lowest BCUT2D eigenvalue weighted by atomic mass is 10.1. The molecule has 4 heterocycles. The van der Waals surface area contributed by atoms with Crippen molar-refractivity contribution < 1.29 is 0 Å². The van der Waals surface area contributed by atoms with Gasteiger partial charge in [-0.2, -0.15) is 4.98 Å². The van der Waals surface area contributed by atoms with Crippen molar-refractivity contribution in [2.24, 2.45) is 7.05 Å². The number of benzene rings is 1. The van der Waals surface area contributed by atoms with Gasteiger partial charge in [0, 0.05) is 51.0 Å². The predicted octanol–water partition coefficient (Wildman–Crippen LogP) is 1.99. The van der Waals surface area contributed by atoms with E-state index in [1.54, 1.807) is 19.6 Å². The van der Waals surface area contributed by atoms with Gasteiger partial charge in [0.15, 0.2) is 11.2 Å². The minimum atomic E-state index is -0.345. The fraction of sp³-hybridized carbons (Fsp3) is 0.304. The van der Waals surface area contributed by atoms with E-state index in [0.717, 1.165) is 30.8 Å². The van der Waals surface area contributed by atoms with Gasteiger partial charge in [-0.3, -0.25) is 18.3 Å². The number of hydrogen-bond donors (Lipinski definition) is 0. The topological polar surface area (TPSA) is 84.0 Å². The van der Waals surface area contributed by atoms with Crippen molar-refractivity contribution >= 4 is 16.9 Å². The number of aryl methyl sites for hydroxylation is 5. The van der Waals surface area contributed by atoms with Gasteiger partial charge in [0.1, 0.15) is 0 Å². The molecule has 5 aromatic rings. The molecule has 0 amide bonds. The first-order valence-corrected chi connectivity index (χ1v) is 10.7. The Hall–Kier alpha value is -3.88. The number of fused-ring (bicyclic) bond motifs is 3. The van der Waals surface area contributed by atoms with Crippen LogP contribution in [0.5, 0.6) is 0 Å². The van der Waals surface area contributed by atoms with E-state index in [2.05, 4.69) is 14.5 Å². The van der Waals surface area contributed by atoms with Crippen molar-refractivity contribution in [3.8, 4) is 0 Å². The van der Waals surface area contributed by atoms with E-state index in [0.29, 0.717) is 29.9 Å². The van der Waals surface area contributed by atoms with Crippen LogP contribution in [0, 0.1) is 6.92 Å². The van der Waals surface area contributed by atoms with Crippen LogP contribution in [0.2, 0.25) is 0 Å². The summed E-state index contributed by atoms with van der Waals surface area (Å²) >= 11 is 0. The molecule has 0 fully saturated rings. The Morgan fingerprint density at radius 1 is 1.00 bits per heavy atom. The van der Waals surface area contributed by atoms with Crippen molar-refractivity contribution in [2.45, 2.75) is 39.4 Å². The highest BCUT2D eigenvalue weighted by Crippen LogP contribution is 2.17. The number of rotatable bonds is 7. The maximum Gasteiger partial charge on any atom is 0.332 e. The maximum absolute atomic E-state index is 13.4. The molecule has 0 bridgehead atoms. The maximum atomic E-state index is 13.4. The van der Waals surface area contributed by atoms with E-state index in [1.165, 1.54) is 9.13 Å². The van der Waals surface area contributed by atoms with Crippen LogP contribution in [0.25, 0.3) is 16.9 Å². The molecule has 164 valence electrons. The molecule has 1 aromatic carbocycles. The Kier molecular flexibility index (Phi) is 5.01. The third-order valence-electron chi connectivity index (χ3n) is 5.96. The minimum absolute atomic E-state index is 0.304. The van der Waals surface area contributed by atoms with Crippen molar-refractivity contribution in [2.75, 3.05) is 0 Å². The van der Waals surface area contributed by atoms with Crippen LogP contribution in [0.1, 0.15) is 17.7 Å². The molecule has 0 spiro atoms. The Balaban J connectivity index is 1.53. The lowest BCUT2D eigenvalue weighted by molar-refractivity contribution is 0.564. The van der Waals surface area contributed by atoms with Gasteiger partial charge < -0.3 is 9.13 Å². The second-order valence-corrected chi connectivity index (χ2v) is 8.06. The minimum Gasteiger partial charge on any atom is -0.337 e. The van der Waals surface area contributed by atoms with Gasteiger partial charge in [-0.05, 0) is 25.3 Å².